The second kappa shape index (κ2) is 8.55. The highest BCUT2D eigenvalue weighted by molar-refractivity contribution is 6.15. The van der Waals surface area contributed by atoms with Crippen molar-refractivity contribution in [2.75, 3.05) is 0 Å². The highest BCUT2D eigenvalue weighted by atomic mass is 16.1. The van der Waals surface area contributed by atoms with Crippen molar-refractivity contribution < 1.29 is 9.59 Å². The van der Waals surface area contributed by atoms with Crippen LogP contribution in [0.5, 0.6) is 0 Å². The lowest BCUT2D eigenvalue weighted by molar-refractivity contribution is 0.0996. The van der Waals surface area contributed by atoms with E-state index >= 15 is 0 Å². The molecule has 8 heteroatoms. The van der Waals surface area contributed by atoms with Crippen LogP contribution in [-0.4, -0.2) is 26.6 Å². The van der Waals surface area contributed by atoms with Crippen LogP contribution in [0.2, 0.25) is 0 Å². The maximum atomic E-state index is 12.6. The molecule has 0 saturated heterocycles. The number of carbonyl (C=O) groups excluding carboxylic acids is 2. The van der Waals surface area contributed by atoms with Gasteiger partial charge in [-0.1, -0.05) is 37.3 Å². The molecule has 2 amide bonds. The van der Waals surface area contributed by atoms with E-state index < -0.39 is 11.8 Å². The second-order valence-corrected chi connectivity index (χ2v) is 7.68. The lowest BCUT2D eigenvalue weighted by Gasteiger charge is -2.15. The minimum absolute atomic E-state index is 0.0155. The first-order valence-corrected chi connectivity index (χ1v) is 10.4. The summed E-state index contributed by atoms with van der Waals surface area (Å²) in [5, 5.41) is 14.3. The molecule has 2 aromatic carbocycles. The Bertz CT molecular complexity index is 1440. The van der Waals surface area contributed by atoms with Gasteiger partial charge in [0.1, 0.15) is 5.69 Å². The number of pyridine rings is 1. The molecule has 4 aromatic rings. The molecule has 0 aliphatic carbocycles. The van der Waals surface area contributed by atoms with Crippen molar-refractivity contribution in [3.05, 3.63) is 82.3 Å². The van der Waals surface area contributed by atoms with Gasteiger partial charge in [0.15, 0.2) is 0 Å². The number of hydrogen-bond donors (Lipinski definition) is 2. The molecule has 2 aromatic heterocycles. The molecule has 0 saturated carbocycles. The first-order chi connectivity index (χ1) is 15.8. The average Bonchev–Trinajstić information content (AvgIpc) is 3.12. The standard InChI is InChI=1S/C25H22N6O2/c1-3-19-20(14(2)30-31(19)13-16-10-8-15(12-26)9-11-16)22-21(24(27)32)17-6-4-5-7-18(17)29-23(22)25(28)33/h4-11H,3,13H2,1-2H3,(H2,27,32)(H2,28,33). The summed E-state index contributed by atoms with van der Waals surface area (Å²) in [5.41, 5.74) is 16.1. The van der Waals surface area contributed by atoms with Crippen molar-refractivity contribution in [1.82, 2.24) is 14.8 Å². The molecule has 33 heavy (non-hydrogen) atoms. The SMILES string of the molecule is CCc1c(-c2c(C(N)=O)nc3ccccc3c2C(N)=O)c(C)nn1Cc1ccc(C#N)cc1. The molecule has 8 nitrogen and oxygen atoms in total. The van der Waals surface area contributed by atoms with Crippen LogP contribution in [0.3, 0.4) is 0 Å². The molecule has 0 atom stereocenters. The van der Waals surface area contributed by atoms with Crippen molar-refractivity contribution >= 4 is 22.7 Å². The number of nitrogens with zero attached hydrogens (tertiary/aromatic N) is 4. The number of aryl methyl sites for hydroxylation is 1. The maximum Gasteiger partial charge on any atom is 0.267 e. The minimum atomic E-state index is -0.750. The lowest BCUT2D eigenvalue weighted by Crippen LogP contribution is -2.21. The number of benzene rings is 2. The van der Waals surface area contributed by atoms with Gasteiger partial charge in [0.2, 0.25) is 5.91 Å². The summed E-state index contributed by atoms with van der Waals surface area (Å²) in [6.07, 6.45) is 0.579. The number of amides is 2. The first kappa shape index (κ1) is 21.7. The predicted molar refractivity (Wildman–Crippen MR) is 124 cm³/mol. The maximum absolute atomic E-state index is 12.6. The Morgan fingerprint density at radius 2 is 1.73 bits per heavy atom. The number of carbonyl (C=O) groups is 2. The van der Waals surface area contributed by atoms with Crippen LogP contribution in [0.15, 0.2) is 48.5 Å². The number of primary amides is 2. The minimum Gasteiger partial charge on any atom is -0.366 e. The lowest BCUT2D eigenvalue weighted by atomic mass is 9.91. The third kappa shape index (κ3) is 3.81. The van der Waals surface area contributed by atoms with E-state index in [9.17, 15) is 9.59 Å². The molecule has 4 rings (SSSR count). The van der Waals surface area contributed by atoms with Crippen molar-refractivity contribution in [2.45, 2.75) is 26.8 Å². The van der Waals surface area contributed by atoms with Gasteiger partial charge in [-0.3, -0.25) is 14.3 Å². The zero-order valence-corrected chi connectivity index (χ0v) is 18.3. The summed E-state index contributed by atoms with van der Waals surface area (Å²) in [6, 6.07) is 16.4. The summed E-state index contributed by atoms with van der Waals surface area (Å²) in [5.74, 6) is -1.42. The van der Waals surface area contributed by atoms with Crippen LogP contribution in [-0.2, 0) is 13.0 Å². The number of nitrogens with two attached hydrogens (primary N) is 2. The van der Waals surface area contributed by atoms with Crippen LogP contribution in [0.25, 0.3) is 22.0 Å². The molecule has 0 fully saturated rings. The monoisotopic (exact) mass is 438 g/mol. The summed E-state index contributed by atoms with van der Waals surface area (Å²) in [7, 11) is 0. The van der Waals surface area contributed by atoms with Gasteiger partial charge in [-0.2, -0.15) is 10.4 Å². The van der Waals surface area contributed by atoms with E-state index in [2.05, 4.69) is 11.1 Å². The number of aromatic nitrogens is 3. The molecule has 4 N–H and O–H groups in total. The predicted octanol–water partition coefficient (Wildman–Crippen LogP) is 3.09. The van der Waals surface area contributed by atoms with Gasteiger partial charge >= 0.3 is 0 Å². The molecular formula is C25H22N6O2. The van der Waals surface area contributed by atoms with Crippen molar-refractivity contribution in [1.29, 1.82) is 5.26 Å². The number of rotatable bonds is 6. The molecule has 0 aliphatic heterocycles. The van der Waals surface area contributed by atoms with Crippen LogP contribution in [0.4, 0.5) is 0 Å². The van der Waals surface area contributed by atoms with Crippen LogP contribution in [0, 0.1) is 18.3 Å². The normalized spacial score (nSPS) is 10.8. The Kier molecular flexibility index (Phi) is 5.63. The number of para-hydroxylation sites is 1. The Balaban J connectivity index is 1.99. The van der Waals surface area contributed by atoms with Crippen LogP contribution in [0.1, 0.15) is 50.3 Å². The van der Waals surface area contributed by atoms with Gasteiger partial charge < -0.3 is 11.5 Å². The highest BCUT2D eigenvalue weighted by Crippen LogP contribution is 2.36. The molecule has 0 radical (unpaired) electrons. The van der Waals surface area contributed by atoms with E-state index in [1.54, 1.807) is 36.4 Å². The van der Waals surface area contributed by atoms with E-state index in [0.29, 0.717) is 46.3 Å². The Morgan fingerprint density at radius 1 is 1.03 bits per heavy atom. The van der Waals surface area contributed by atoms with Gasteiger partial charge in [-0.15, -0.1) is 0 Å². The fraction of sp³-hybridized carbons (Fsp3) is 0.160. The van der Waals surface area contributed by atoms with E-state index in [1.165, 1.54) is 0 Å². The van der Waals surface area contributed by atoms with Gasteiger partial charge in [0.05, 0.1) is 35.0 Å². The molecule has 0 spiro atoms. The Labute approximate surface area is 190 Å². The molecule has 0 bridgehead atoms. The fourth-order valence-corrected chi connectivity index (χ4v) is 4.19. The van der Waals surface area contributed by atoms with E-state index in [1.807, 2.05) is 30.7 Å². The van der Waals surface area contributed by atoms with Gasteiger partial charge in [0.25, 0.3) is 5.91 Å². The largest absolute Gasteiger partial charge is 0.366 e. The average molecular weight is 438 g/mol. The summed E-state index contributed by atoms with van der Waals surface area (Å²) >= 11 is 0. The molecule has 2 heterocycles. The smallest absolute Gasteiger partial charge is 0.267 e. The molecule has 0 aliphatic rings. The third-order valence-electron chi connectivity index (χ3n) is 5.61. The van der Waals surface area contributed by atoms with Gasteiger partial charge in [0, 0.05) is 22.2 Å². The summed E-state index contributed by atoms with van der Waals surface area (Å²) < 4.78 is 1.83. The molecule has 0 unspecified atom stereocenters. The number of hydrogen-bond acceptors (Lipinski definition) is 5. The molecular weight excluding hydrogens is 416 g/mol. The molecule has 164 valence electrons. The summed E-state index contributed by atoms with van der Waals surface area (Å²) in [4.78, 5) is 29.6. The quantitative estimate of drug-likeness (QED) is 0.476. The summed E-state index contributed by atoms with van der Waals surface area (Å²) in [6.45, 7) is 4.24. The Morgan fingerprint density at radius 3 is 2.33 bits per heavy atom. The zero-order chi connectivity index (χ0) is 23.7. The number of fused-ring (bicyclic) bond motifs is 1. The van der Waals surface area contributed by atoms with Gasteiger partial charge in [-0.25, -0.2) is 4.98 Å². The highest BCUT2D eigenvalue weighted by Gasteiger charge is 2.28. The van der Waals surface area contributed by atoms with E-state index in [-0.39, 0.29) is 11.3 Å². The van der Waals surface area contributed by atoms with Crippen LogP contribution < -0.4 is 11.5 Å². The first-order valence-electron chi connectivity index (χ1n) is 10.4. The Hall–Kier alpha value is -4.51. The van der Waals surface area contributed by atoms with E-state index in [4.69, 9.17) is 21.8 Å². The van der Waals surface area contributed by atoms with Crippen LogP contribution >= 0.6 is 0 Å². The number of nitriles is 1. The second-order valence-electron chi connectivity index (χ2n) is 7.68. The van der Waals surface area contributed by atoms with E-state index in [0.717, 1.165) is 11.3 Å². The van der Waals surface area contributed by atoms with Crippen molar-refractivity contribution in [2.24, 2.45) is 11.5 Å². The van der Waals surface area contributed by atoms with Crippen molar-refractivity contribution in [3.63, 3.8) is 0 Å². The van der Waals surface area contributed by atoms with Crippen molar-refractivity contribution in [3.8, 4) is 17.2 Å². The third-order valence-corrected chi connectivity index (χ3v) is 5.61. The zero-order valence-electron chi connectivity index (χ0n) is 18.3. The van der Waals surface area contributed by atoms with Gasteiger partial charge in [-0.05, 0) is 37.1 Å². The fourth-order valence-electron chi connectivity index (χ4n) is 4.19. The topological polar surface area (TPSA) is 141 Å².